The molecular weight excluding hydrogens is 228 g/mol. The summed E-state index contributed by atoms with van der Waals surface area (Å²) in [6, 6.07) is 5.62. The van der Waals surface area contributed by atoms with Crippen LogP contribution < -0.4 is 5.73 Å². The van der Waals surface area contributed by atoms with Gasteiger partial charge in [-0.3, -0.25) is 4.79 Å². The normalized spacial score (nSPS) is 23.2. The van der Waals surface area contributed by atoms with Crippen LogP contribution in [0.2, 0.25) is 0 Å². The van der Waals surface area contributed by atoms with Gasteiger partial charge in [-0.15, -0.1) is 0 Å². The maximum Gasteiger partial charge on any atom is 0.254 e. The van der Waals surface area contributed by atoms with E-state index in [2.05, 4.69) is 0 Å². The van der Waals surface area contributed by atoms with E-state index >= 15 is 0 Å². The van der Waals surface area contributed by atoms with Gasteiger partial charge in [-0.05, 0) is 37.0 Å². The van der Waals surface area contributed by atoms with E-state index in [1.165, 1.54) is 0 Å². The molecule has 1 atom stereocenters. The first-order valence-electron chi connectivity index (χ1n) is 6.53. The number of hydrogen-bond donors (Lipinski definition) is 1. The van der Waals surface area contributed by atoms with Crippen molar-refractivity contribution in [1.82, 2.24) is 4.90 Å². The SMILES string of the molecule is Nc1ccc2c(c1)C(=O)N(CC1CCCO1)CC2. The lowest BCUT2D eigenvalue weighted by molar-refractivity contribution is 0.0511. The lowest BCUT2D eigenvalue weighted by Gasteiger charge is -2.30. The number of carbonyl (C=O) groups excluding carboxylic acids is 1. The molecule has 1 saturated heterocycles. The molecular formula is C14H18N2O2. The van der Waals surface area contributed by atoms with Crippen molar-refractivity contribution in [3.63, 3.8) is 0 Å². The van der Waals surface area contributed by atoms with Crippen LogP contribution in [-0.4, -0.2) is 36.6 Å². The molecule has 3 rings (SSSR count). The van der Waals surface area contributed by atoms with Crippen LogP contribution in [0.15, 0.2) is 18.2 Å². The van der Waals surface area contributed by atoms with Gasteiger partial charge in [0, 0.05) is 30.9 Å². The van der Waals surface area contributed by atoms with E-state index in [0.717, 1.165) is 43.5 Å². The third kappa shape index (κ3) is 2.08. The van der Waals surface area contributed by atoms with Crippen molar-refractivity contribution >= 4 is 11.6 Å². The number of ether oxygens (including phenoxy) is 1. The van der Waals surface area contributed by atoms with Crippen LogP contribution in [0, 0.1) is 0 Å². The van der Waals surface area contributed by atoms with Crippen molar-refractivity contribution in [1.29, 1.82) is 0 Å². The van der Waals surface area contributed by atoms with Crippen LogP contribution in [0.25, 0.3) is 0 Å². The smallest absolute Gasteiger partial charge is 0.254 e. The van der Waals surface area contributed by atoms with Crippen LogP contribution in [0.3, 0.4) is 0 Å². The zero-order valence-electron chi connectivity index (χ0n) is 10.4. The van der Waals surface area contributed by atoms with Gasteiger partial charge in [-0.2, -0.15) is 0 Å². The first-order valence-corrected chi connectivity index (χ1v) is 6.53. The van der Waals surface area contributed by atoms with Gasteiger partial charge in [-0.1, -0.05) is 6.07 Å². The van der Waals surface area contributed by atoms with Gasteiger partial charge in [0.25, 0.3) is 5.91 Å². The fraction of sp³-hybridized carbons (Fsp3) is 0.500. The standard InChI is InChI=1S/C14H18N2O2/c15-11-4-3-10-5-6-16(14(17)13(10)8-11)9-12-2-1-7-18-12/h3-4,8,12H,1-2,5-7,9,15H2. The number of nitrogens with zero attached hydrogens (tertiary/aromatic N) is 1. The summed E-state index contributed by atoms with van der Waals surface area (Å²) in [4.78, 5) is 14.3. The zero-order valence-corrected chi connectivity index (χ0v) is 10.4. The minimum absolute atomic E-state index is 0.0963. The summed E-state index contributed by atoms with van der Waals surface area (Å²) in [5, 5.41) is 0. The van der Waals surface area contributed by atoms with E-state index in [-0.39, 0.29) is 12.0 Å². The minimum atomic E-state index is 0.0963. The first kappa shape index (κ1) is 11.5. The maximum atomic E-state index is 12.4. The molecule has 18 heavy (non-hydrogen) atoms. The summed E-state index contributed by atoms with van der Waals surface area (Å²) in [5.74, 6) is 0.0963. The van der Waals surface area contributed by atoms with Crippen molar-refractivity contribution in [3.05, 3.63) is 29.3 Å². The van der Waals surface area contributed by atoms with Crippen molar-refractivity contribution in [2.24, 2.45) is 0 Å². The number of fused-ring (bicyclic) bond motifs is 1. The number of anilines is 1. The molecule has 2 N–H and O–H groups in total. The van der Waals surface area contributed by atoms with Crippen LogP contribution in [0.1, 0.15) is 28.8 Å². The van der Waals surface area contributed by atoms with Gasteiger partial charge in [-0.25, -0.2) is 0 Å². The molecule has 96 valence electrons. The highest BCUT2D eigenvalue weighted by molar-refractivity contribution is 5.97. The Bertz CT molecular complexity index is 467. The molecule has 2 heterocycles. The van der Waals surface area contributed by atoms with E-state index in [1.54, 1.807) is 6.07 Å². The van der Waals surface area contributed by atoms with E-state index in [4.69, 9.17) is 10.5 Å². The highest BCUT2D eigenvalue weighted by Crippen LogP contribution is 2.23. The molecule has 4 heteroatoms. The lowest BCUT2D eigenvalue weighted by Crippen LogP contribution is -2.42. The predicted molar refractivity (Wildman–Crippen MR) is 69.4 cm³/mol. The summed E-state index contributed by atoms with van der Waals surface area (Å²) >= 11 is 0. The fourth-order valence-corrected chi connectivity index (χ4v) is 2.75. The first-order chi connectivity index (χ1) is 8.74. The molecule has 4 nitrogen and oxygen atoms in total. The zero-order chi connectivity index (χ0) is 12.5. The highest BCUT2D eigenvalue weighted by Gasteiger charge is 2.27. The Morgan fingerprint density at radius 3 is 3.11 bits per heavy atom. The van der Waals surface area contributed by atoms with Gasteiger partial charge in [0.1, 0.15) is 0 Å². The summed E-state index contributed by atoms with van der Waals surface area (Å²) in [6.45, 7) is 2.33. The molecule has 0 aliphatic carbocycles. The van der Waals surface area contributed by atoms with Gasteiger partial charge >= 0.3 is 0 Å². The number of benzene rings is 1. The Hall–Kier alpha value is -1.55. The third-order valence-corrected chi connectivity index (χ3v) is 3.75. The summed E-state index contributed by atoms with van der Waals surface area (Å²) in [5.41, 5.74) is 8.28. The van der Waals surface area contributed by atoms with E-state index < -0.39 is 0 Å². The molecule has 0 spiro atoms. The number of rotatable bonds is 2. The van der Waals surface area contributed by atoms with E-state index in [1.807, 2.05) is 17.0 Å². The van der Waals surface area contributed by atoms with Gasteiger partial charge < -0.3 is 15.4 Å². The molecule has 0 radical (unpaired) electrons. The summed E-state index contributed by atoms with van der Waals surface area (Å²) in [6.07, 6.45) is 3.30. The maximum absolute atomic E-state index is 12.4. The molecule has 1 fully saturated rings. The second kappa shape index (κ2) is 4.61. The van der Waals surface area contributed by atoms with E-state index in [9.17, 15) is 4.79 Å². The van der Waals surface area contributed by atoms with Crippen LogP contribution in [0.5, 0.6) is 0 Å². The predicted octanol–water partition coefficient (Wildman–Crippen LogP) is 1.45. The molecule has 1 aromatic carbocycles. The van der Waals surface area contributed by atoms with Gasteiger partial charge in [0.05, 0.1) is 6.10 Å². The Kier molecular flexibility index (Phi) is 2.96. The van der Waals surface area contributed by atoms with Crippen LogP contribution in [-0.2, 0) is 11.2 Å². The molecule has 1 aromatic rings. The van der Waals surface area contributed by atoms with Crippen LogP contribution >= 0.6 is 0 Å². The molecule has 1 amide bonds. The molecule has 2 aliphatic rings. The number of nitrogen functional groups attached to an aromatic ring is 1. The Morgan fingerprint density at radius 2 is 2.33 bits per heavy atom. The average Bonchev–Trinajstić information content (AvgIpc) is 2.86. The van der Waals surface area contributed by atoms with Gasteiger partial charge in [0.2, 0.25) is 0 Å². The molecule has 0 aromatic heterocycles. The topological polar surface area (TPSA) is 55.6 Å². The number of nitrogens with two attached hydrogens (primary N) is 1. The van der Waals surface area contributed by atoms with Crippen molar-refractivity contribution in [3.8, 4) is 0 Å². The lowest BCUT2D eigenvalue weighted by atomic mass is 9.98. The molecule has 0 saturated carbocycles. The van der Waals surface area contributed by atoms with Crippen molar-refractivity contribution in [2.45, 2.75) is 25.4 Å². The van der Waals surface area contributed by atoms with Gasteiger partial charge in [0.15, 0.2) is 0 Å². The molecule has 0 bridgehead atoms. The minimum Gasteiger partial charge on any atom is -0.399 e. The number of hydrogen-bond acceptors (Lipinski definition) is 3. The van der Waals surface area contributed by atoms with Crippen molar-refractivity contribution < 1.29 is 9.53 Å². The Balaban J connectivity index is 1.78. The Labute approximate surface area is 107 Å². The quantitative estimate of drug-likeness (QED) is 0.803. The van der Waals surface area contributed by atoms with Crippen LogP contribution in [0.4, 0.5) is 5.69 Å². The fourth-order valence-electron chi connectivity index (χ4n) is 2.75. The largest absolute Gasteiger partial charge is 0.399 e. The summed E-state index contributed by atoms with van der Waals surface area (Å²) in [7, 11) is 0. The monoisotopic (exact) mass is 246 g/mol. The highest BCUT2D eigenvalue weighted by atomic mass is 16.5. The van der Waals surface area contributed by atoms with E-state index in [0.29, 0.717) is 12.2 Å². The average molecular weight is 246 g/mol. The second-order valence-corrected chi connectivity index (χ2v) is 5.05. The Morgan fingerprint density at radius 1 is 1.44 bits per heavy atom. The number of amides is 1. The molecule has 2 aliphatic heterocycles. The summed E-state index contributed by atoms with van der Waals surface area (Å²) < 4.78 is 5.60. The number of carbonyl (C=O) groups is 1. The van der Waals surface area contributed by atoms with Crippen molar-refractivity contribution in [2.75, 3.05) is 25.4 Å². The second-order valence-electron chi connectivity index (χ2n) is 5.05. The third-order valence-electron chi connectivity index (χ3n) is 3.75. The molecule has 1 unspecified atom stereocenters.